The van der Waals surface area contributed by atoms with Crippen LogP contribution in [-0.4, -0.2) is 10.5 Å². The van der Waals surface area contributed by atoms with Crippen LogP contribution in [0, 0.1) is 11.3 Å². The molecule has 3 nitrogen and oxygen atoms in total. The predicted molar refractivity (Wildman–Crippen MR) is 76.1 cm³/mol. The molecule has 0 bridgehead atoms. The van der Waals surface area contributed by atoms with E-state index in [1.54, 1.807) is 0 Å². The number of aryl methyl sites for hydroxylation is 2. The van der Waals surface area contributed by atoms with Crippen LogP contribution in [0.1, 0.15) is 62.3 Å². The van der Waals surface area contributed by atoms with Crippen LogP contribution in [0.25, 0.3) is 0 Å². The standard InChI is InChI=1S/C16H21N3/c1-16(8-3-2-4-9-16)19-15-13(11-17)10-12-6-5-7-14(12)18-15/h10H,2-9H2,1H3,(H,18,19). The van der Waals surface area contributed by atoms with Gasteiger partial charge in [-0.05, 0) is 50.7 Å². The van der Waals surface area contributed by atoms with Crippen molar-refractivity contribution in [1.29, 1.82) is 5.26 Å². The number of nitriles is 1. The quantitative estimate of drug-likeness (QED) is 0.878. The van der Waals surface area contributed by atoms with Crippen LogP contribution in [-0.2, 0) is 12.8 Å². The molecule has 0 atom stereocenters. The summed E-state index contributed by atoms with van der Waals surface area (Å²) in [5, 5.41) is 12.9. The molecule has 1 aromatic rings. The summed E-state index contributed by atoms with van der Waals surface area (Å²) in [6.07, 6.45) is 9.55. The van der Waals surface area contributed by atoms with Crippen molar-refractivity contribution in [3.8, 4) is 6.07 Å². The van der Waals surface area contributed by atoms with E-state index >= 15 is 0 Å². The SMILES string of the molecule is CC1(Nc2nc3c(cc2C#N)CCC3)CCCCC1. The molecule has 100 valence electrons. The summed E-state index contributed by atoms with van der Waals surface area (Å²) in [5.74, 6) is 0.813. The van der Waals surface area contributed by atoms with Gasteiger partial charge in [0.05, 0.1) is 5.56 Å². The second kappa shape index (κ2) is 4.85. The molecule has 1 fully saturated rings. The summed E-state index contributed by atoms with van der Waals surface area (Å²) in [5.41, 5.74) is 3.30. The van der Waals surface area contributed by atoms with Gasteiger partial charge in [-0.15, -0.1) is 0 Å². The Bertz CT molecular complexity index is 522. The number of nitrogens with zero attached hydrogens (tertiary/aromatic N) is 2. The van der Waals surface area contributed by atoms with E-state index in [9.17, 15) is 5.26 Å². The Labute approximate surface area is 115 Å². The highest BCUT2D eigenvalue weighted by molar-refractivity contribution is 5.56. The molecule has 0 radical (unpaired) electrons. The van der Waals surface area contributed by atoms with Gasteiger partial charge in [0, 0.05) is 11.2 Å². The lowest BCUT2D eigenvalue weighted by Crippen LogP contribution is -2.37. The minimum atomic E-state index is 0.115. The molecule has 19 heavy (non-hydrogen) atoms. The minimum absolute atomic E-state index is 0.115. The highest BCUT2D eigenvalue weighted by atomic mass is 15.1. The molecule has 2 aliphatic carbocycles. The van der Waals surface area contributed by atoms with Crippen LogP contribution < -0.4 is 5.32 Å². The second-order valence-corrected chi connectivity index (χ2v) is 6.20. The molecule has 1 aromatic heterocycles. The maximum Gasteiger partial charge on any atom is 0.144 e. The monoisotopic (exact) mass is 255 g/mol. The van der Waals surface area contributed by atoms with Crippen LogP contribution in [0.15, 0.2) is 6.07 Å². The van der Waals surface area contributed by atoms with Gasteiger partial charge < -0.3 is 5.32 Å². The van der Waals surface area contributed by atoms with Crippen molar-refractivity contribution in [2.45, 2.75) is 63.8 Å². The molecule has 2 aliphatic rings. The number of hydrogen-bond donors (Lipinski definition) is 1. The molecule has 3 rings (SSSR count). The van der Waals surface area contributed by atoms with E-state index in [4.69, 9.17) is 4.98 Å². The molecule has 0 saturated heterocycles. The number of fused-ring (bicyclic) bond motifs is 1. The average molecular weight is 255 g/mol. The maximum absolute atomic E-state index is 9.33. The fourth-order valence-electron chi connectivity index (χ4n) is 3.40. The molecule has 0 amide bonds. The van der Waals surface area contributed by atoms with Crippen molar-refractivity contribution in [2.24, 2.45) is 0 Å². The first-order valence-electron chi connectivity index (χ1n) is 7.41. The Kier molecular flexibility index (Phi) is 3.18. The Balaban J connectivity index is 1.90. The zero-order valence-corrected chi connectivity index (χ0v) is 11.6. The highest BCUT2D eigenvalue weighted by Crippen LogP contribution is 2.33. The van der Waals surface area contributed by atoms with Gasteiger partial charge in [0.25, 0.3) is 0 Å². The molecule has 3 heteroatoms. The molecular weight excluding hydrogens is 234 g/mol. The van der Waals surface area contributed by atoms with E-state index in [1.807, 2.05) is 6.07 Å². The highest BCUT2D eigenvalue weighted by Gasteiger charge is 2.28. The zero-order chi connectivity index (χ0) is 13.3. The topological polar surface area (TPSA) is 48.7 Å². The van der Waals surface area contributed by atoms with Gasteiger partial charge in [-0.25, -0.2) is 4.98 Å². The van der Waals surface area contributed by atoms with Gasteiger partial charge in [0.1, 0.15) is 11.9 Å². The molecule has 1 heterocycles. The average Bonchev–Trinajstić information content (AvgIpc) is 2.85. The van der Waals surface area contributed by atoms with Crippen molar-refractivity contribution in [1.82, 2.24) is 4.98 Å². The fraction of sp³-hybridized carbons (Fsp3) is 0.625. The lowest BCUT2D eigenvalue weighted by atomic mass is 9.83. The van der Waals surface area contributed by atoms with Gasteiger partial charge in [0.2, 0.25) is 0 Å². The van der Waals surface area contributed by atoms with E-state index in [1.165, 1.54) is 49.8 Å². The molecule has 0 aliphatic heterocycles. The Morgan fingerprint density at radius 2 is 2.00 bits per heavy atom. The first-order valence-corrected chi connectivity index (χ1v) is 7.41. The number of hydrogen-bond acceptors (Lipinski definition) is 3. The molecule has 1 saturated carbocycles. The number of rotatable bonds is 2. The van der Waals surface area contributed by atoms with E-state index in [0.717, 1.165) is 18.7 Å². The number of nitrogens with one attached hydrogen (secondary N) is 1. The third kappa shape index (κ3) is 2.45. The third-order valence-electron chi connectivity index (χ3n) is 4.55. The Hall–Kier alpha value is -1.56. The Morgan fingerprint density at radius 3 is 2.74 bits per heavy atom. The minimum Gasteiger partial charge on any atom is -0.364 e. The third-order valence-corrected chi connectivity index (χ3v) is 4.55. The lowest BCUT2D eigenvalue weighted by Gasteiger charge is -2.35. The van der Waals surface area contributed by atoms with E-state index < -0.39 is 0 Å². The normalized spacial score (nSPS) is 20.6. The van der Waals surface area contributed by atoms with Crippen molar-refractivity contribution >= 4 is 5.82 Å². The zero-order valence-electron chi connectivity index (χ0n) is 11.6. The predicted octanol–water partition coefficient (Wildman–Crippen LogP) is 3.58. The number of aromatic nitrogens is 1. The van der Waals surface area contributed by atoms with Gasteiger partial charge in [-0.3, -0.25) is 0 Å². The van der Waals surface area contributed by atoms with Gasteiger partial charge >= 0.3 is 0 Å². The summed E-state index contributed by atoms with van der Waals surface area (Å²) < 4.78 is 0. The summed E-state index contributed by atoms with van der Waals surface area (Å²) in [4.78, 5) is 4.73. The van der Waals surface area contributed by atoms with Crippen LogP contribution in [0.3, 0.4) is 0 Å². The van der Waals surface area contributed by atoms with Gasteiger partial charge in [-0.1, -0.05) is 19.3 Å². The van der Waals surface area contributed by atoms with E-state index in [-0.39, 0.29) is 5.54 Å². The first kappa shape index (κ1) is 12.5. The molecule has 0 spiro atoms. The molecule has 0 unspecified atom stereocenters. The van der Waals surface area contributed by atoms with E-state index in [2.05, 4.69) is 18.3 Å². The largest absolute Gasteiger partial charge is 0.364 e. The second-order valence-electron chi connectivity index (χ2n) is 6.20. The van der Waals surface area contributed by atoms with Crippen LogP contribution in [0.5, 0.6) is 0 Å². The number of pyridine rings is 1. The van der Waals surface area contributed by atoms with Gasteiger partial charge in [-0.2, -0.15) is 5.26 Å². The van der Waals surface area contributed by atoms with Crippen LogP contribution >= 0.6 is 0 Å². The molecule has 0 aromatic carbocycles. The molecular formula is C16H21N3. The fourth-order valence-corrected chi connectivity index (χ4v) is 3.40. The summed E-state index contributed by atoms with van der Waals surface area (Å²) >= 11 is 0. The van der Waals surface area contributed by atoms with Crippen molar-refractivity contribution < 1.29 is 0 Å². The molecule has 1 N–H and O–H groups in total. The summed E-state index contributed by atoms with van der Waals surface area (Å²) in [6.45, 7) is 2.27. The van der Waals surface area contributed by atoms with Crippen LogP contribution in [0.2, 0.25) is 0 Å². The van der Waals surface area contributed by atoms with Gasteiger partial charge in [0.15, 0.2) is 0 Å². The van der Waals surface area contributed by atoms with Crippen molar-refractivity contribution in [3.63, 3.8) is 0 Å². The van der Waals surface area contributed by atoms with E-state index in [0.29, 0.717) is 5.56 Å². The summed E-state index contributed by atoms with van der Waals surface area (Å²) in [6, 6.07) is 4.35. The first-order chi connectivity index (χ1) is 9.20. The van der Waals surface area contributed by atoms with Crippen LogP contribution in [0.4, 0.5) is 5.82 Å². The smallest absolute Gasteiger partial charge is 0.144 e. The Morgan fingerprint density at radius 1 is 1.21 bits per heavy atom. The summed E-state index contributed by atoms with van der Waals surface area (Å²) in [7, 11) is 0. The number of anilines is 1. The maximum atomic E-state index is 9.33. The lowest BCUT2D eigenvalue weighted by molar-refractivity contribution is 0.348. The van der Waals surface area contributed by atoms with Crippen molar-refractivity contribution in [2.75, 3.05) is 5.32 Å². The van der Waals surface area contributed by atoms with Crippen molar-refractivity contribution in [3.05, 3.63) is 22.9 Å².